The summed E-state index contributed by atoms with van der Waals surface area (Å²) in [4.78, 5) is 35.7. The van der Waals surface area contributed by atoms with Gasteiger partial charge in [0, 0.05) is 11.8 Å². The number of hydrazone groups is 1. The molecule has 0 saturated carbocycles. The number of nitrogens with zero attached hydrogens (tertiary/aromatic N) is 2. The van der Waals surface area contributed by atoms with Gasteiger partial charge in [-0.2, -0.15) is 5.10 Å². The second kappa shape index (κ2) is 10.7. The maximum absolute atomic E-state index is 12.4. The quantitative estimate of drug-likeness (QED) is 0.267. The molecule has 0 aliphatic rings. The minimum Gasteiger partial charge on any atom is -0.474 e. The maximum Gasteiger partial charge on any atom is 0.310 e. The zero-order chi connectivity index (χ0) is 24.0. The Balaban J connectivity index is 1.63. The number of anilines is 1. The van der Waals surface area contributed by atoms with E-state index in [9.17, 15) is 19.7 Å². The van der Waals surface area contributed by atoms with Crippen LogP contribution < -0.4 is 15.5 Å². The Labute approximate surface area is 198 Å². The summed E-state index contributed by atoms with van der Waals surface area (Å²) in [6, 6.07) is 16.0. The molecule has 2 N–H and O–H groups in total. The monoisotopic (exact) mass is 486 g/mol. The molecular formula is C22H19ClN4O5S. The normalized spacial score (nSPS) is 12.0. The first kappa shape index (κ1) is 23.9. The van der Waals surface area contributed by atoms with Crippen LogP contribution in [0.2, 0.25) is 4.34 Å². The first-order valence-corrected chi connectivity index (χ1v) is 10.9. The summed E-state index contributed by atoms with van der Waals surface area (Å²) in [6.07, 6.45) is -1.02. The van der Waals surface area contributed by atoms with Gasteiger partial charge in [0.2, 0.25) is 0 Å². The number of para-hydroxylation sites is 2. The standard InChI is InChI=1S/C22H19ClN4O5S/c1-13(15-6-5-7-16(12-15)24-22(29)19-10-11-20(23)33-19)25-26-21(28)14(2)32-18-9-4-3-8-17(18)27(30)31/h3-12,14H,1-2H3,(H,24,29)(H,26,28). The molecule has 1 atom stereocenters. The second-order valence-electron chi connectivity index (χ2n) is 6.80. The molecule has 0 aliphatic carbocycles. The van der Waals surface area contributed by atoms with Crippen molar-refractivity contribution in [3.05, 3.63) is 85.6 Å². The Bertz CT molecular complexity index is 1230. The highest BCUT2D eigenvalue weighted by molar-refractivity contribution is 7.18. The van der Waals surface area contributed by atoms with Crippen molar-refractivity contribution in [1.29, 1.82) is 0 Å². The van der Waals surface area contributed by atoms with Crippen LogP contribution in [0.1, 0.15) is 29.1 Å². The SMILES string of the molecule is CC(=NNC(=O)C(C)Oc1ccccc1[N+](=O)[O-])c1cccc(NC(=O)c2ccc(Cl)s2)c1. The van der Waals surface area contributed by atoms with E-state index in [1.54, 1.807) is 49.4 Å². The Morgan fingerprint density at radius 3 is 2.61 bits per heavy atom. The third-order valence-corrected chi connectivity index (χ3v) is 5.63. The number of hydrogen-bond donors (Lipinski definition) is 2. The first-order valence-electron chi connectivity index (χ1n) is 9.66. The van der Waals surface area contributed by atoms with E-state index in [0.717, 1.165) is 0 Å². The van der Waals surface area contributed by atoms with E-state index >= 15 is 0 Å². The molecule has 0 fully saturated rings. The molecule has 0 aliphatic heterocycles. The Morgan fingerprint density at radius 1 is 1.15 bits per heavy atom. The van der Waals surface area contributed by atoms with Crippen LogP contribution in [0.25, 0.3) is 0 Å². The number of rotatable bonds is 8. The van der Waals surface area contributed by atoms with Crippen LogP contribution in [-0.4, -0.2) is 28.6 Å². The van der Waals surface area contributed by atoms with Crippen LogP contribution in [0.5, 0.6) is 5.75 Å². The minimum absolute atomic E-state index is 0.0127. The molecule has 0 bridgehead atoms. The van der Waals surface area contributed by atoms with Crippen molar-refractivity contribution in [2.45, 2.75) is 20.0 Å². The van der Waals surface area contributed by atoms with Crippen LogP contribution in [-0.2, 0) is 4.79 Å². The van der Waals surface area contributed by atoms with Crippen LogP contribution in [0, 0.1) is 10.1 Å². The number of ether oxygens (including phenoxy) is 1. The fourth-order valence-electron chi connectivity index (χ4n) is 2.70. The number of hydrogen-bond acceptors (Lipinski definition) is 7. The zero-order valence-corrected chi connectivity index (χ0v) is 19.1. The van der Waals surface area contributed by atoms with Crippen molar-refractivity contribution in [3.63, 3.8) is 0 Å². The number of nitrogens with one attached hydrogen (secondary N) is 2. The summed E-state index contributed by atoms with van der Waals surface area (Å²) in [5, 5.41) is 18.0. The summed E-state index contributed by atoms with van der Waals surface area (Å²) >= 11 is 7.05. The Kier molecular flexibility index (Phi) is 7.75. The number of thiophene rings is 1. The summed E-state index contributed by atoms with van der Waals surface area (Å²) in [7, 11) is 0. The average molecular weight is 487 g/mol. The van der Waals surface area contributed by atoms with Gasteiger partial charge in [-0.3, -0.25) is 19.7 Å². The molecule has 3 rings (SSSR count). The van der Waals surface area contributed by atoms with E-state index in [-0.39, 0.29) is 17.3 Å². The molecule has 2 amide bonds. The van der Waals surface area contributed by atoms with Gasteiger partial charge in [0.05, 0.1) is 19.8 Å². The van der Waals surface area contributed by atoms with Gasteiger partial charge in [-0.25, -0.2) is 5.43 Å². The van der Waals surface area contributed by atoms with E-state index in [4.69, 9.17) is 16.3 Å². The van der Waals surface area contributed by atoms with Gasteiger partial charge in [-0.15, -0.1) is 11.3 Å². The summed E-state index contributed by atoms with van der Waals surface area (Å²) in [5.74, 6) is -0.874. The topological polar surface area (TPSA) is 123 Å². The van der Waals surface area contributed by atoms with E-state index in [1.165, 1.54) is 36.5 Å². The number of benzene rings is 2. The van der Waals surface area contributed by atoms with E-state index < -0.39 is 16.9 Å². The molecule has 0 saturated heterocycles. The van der Waals surface area contributed by atoms with Crippen molar-refractivity contribution in [2.24, 2.45) is 5.10 Å². The lowest BCUT2D eigenvalue weighted by Crippen LogP contribution is -2.34. The van der Waals surface area contributed by atoms with E-state index in [0.29, 0.717) is 26.2 Å². The fourth-order valence-corrected chi connectivity index (χ4v) is 3.64. The first-order chi connectivity index (χ1) is 15.7. The van der Waals surface area contributed by atoms with Gasteiger partial charge >= 0.3 is 5.69 Å². The van der Waals surface area contributed by atoms with Gasteiger partial charge in [0.15, 0.2) is 11.9 Å². The van der Waals surface area contributed by atoms with E-state index in [1.807, 2.05) is 0 Å². The number of carbonyl (C=O) groups excluding carboxylic acids is 2. The molecule has 0 radical (unpaired) electrons. The largest absolute Gasteiger partial charge is 0.474 e. The van der Waals surface area contributed by atoms with E-state index in [2.05, 4.69) is 15.8 Å². The number of carbonyl (C=O) groups is 2. The molecule has 11 heteroatoms. The van der Waals surface area contributed by atoms with Crippen LogP contribution in [0.3, 0.4) is 0 Å². The number of amides is 2. The highest BCUT2D eigenvalue weighted by atomic mass is 35.5. The smallest absolute Gasteiger partial charge is 0.310 e. The van der Waals surface area contributed by atoms with Gasteiger partial charge in [-0.05, 0) is 49.7 Å². The van der Waals surface area contributed by atoms with Crippen LogP contribution >= 0.6 is 22.9 Å². The van der Waals surface area contributed by atoms with Crippen molar-refractivity contribution >= 4 is 51.8 Å². The van der Waals surface area contributed by atoms with Gasteiger partial charge in [-0.1, -0.05) is 35.9 Å². The van der Waals surface area contributed by atoms with Crippen molar-refractivity contribution in [2.75, 3.05) is 5.32 Å². The highest BCUT2D eigenvalue weighted by Crippen LogP contribution is 2.27. The van der Waals surface area contributed by atoms with Gasteiger partial charge in [0.25, 0.3) is 11.8 Å². The zero-order valence-electron chi connectivity index (χ0n) is 17.6. The lowest BCUT2D eigenvalue weighted by atomic mass is 10.1. The molecule has 0 spiro atoms. The number of nitro benzene ring substituents is 1. The molecule has 2 aromatic carbocycles. The molecule has 1 unspecified atom stereocenters. The van der Waals surface area contributed by atoms with Crippen molar-refractivity contribution in [3.8, 4) is 5.75 Å². The third kappa shape index (κ3) is 6.37. The predicted molar refractivity (Wildman–Crippen MR) is 127 cm³/mol. The van der Waals surface area contributed by atoms with Gasteiger partial charge < -0.3 is 10.1 Å². The molecule has 1 heterocycles. The third-order valence-electron chi connectivity index (χ3n) is 4.40. The predicted octanol–water partition coefficient (Wildman–Crippen LogP) is 4.87. The minimum atomic E-state index is -1.02. The lowest BCUT2D eigenvalue weighted by Gasteiger charge is -2.13. The number of nitro groups is 1. The van der Waals surface area contributed by atoms with Crippen LogP contribution in [0.4, 0.5) is 11.4 Å². The lowest BCUT2D eigenvalue weighted by molar-refractivity contribution is -0.386. The second-order valence-corrected chi connectivity index (χ2v) is 8.51. The summed E-state index contributed by atoms with van der Waals surface area (Å²) < 4.78 is 5.96. The fraction of sp³-hybridized carbons (Fsp3) is 0.136. The van der Waals surface area contributed by atoms with Crippen molar-refractivity contribution < 1.29 is 19.2 Å². The Morgan fingerprint density at radius 2 is 1.91 bits per heavy atom. The Hall–Kier alpha value is -3.76. The molecule has 1 aromatic heterocycles. The maximum atomic E-state index is 12.4. The van der Waals surface area contributed by atoms with Crippen molar-refractivity contribution in [1.82, 2.24) is 5.43 Å². The van der Waals surface area contributed by atoms with Crippen LogP contribution in [0.15, 0.2) is 65.8 Å². The molecule has 33 heavy (non-hydrogen) atoms. The molecular weight excluding hydrogens is 468 g/mol. The summed E-state index contributed by atoms with van der Waals surface area (Å²) in [5.41, 5.74) is 3.86. The highest BCUT2D eigenvalue weighted by Gasteiger charge is 2.20. The van der Waals surface area contributed by atoms with Gasteiger partial charge in [0.1, 0.15) is 0 Å². The molecule has 170 valence electrons. The summed E-state index contributed by atoms with van der Waals surface area (Å²) in [6.45, 7) is 3.15. The molecule has 3 aromatic rings. The average Bonchev–Trinajstić information content (AvgIpc) is 3.24. The molecule has 9 nitrogen and oxygen atoms in total. The number of halogens is 1.